The number of ether oxygens (including phenoxy) is 2. The number of hydrogen-bond acceptors (Lipinski definition) is 13. The van der Waals surface area contributed by atoms with E-state index in [1.807, 2.05) is 31.2 Å². The smallest absolute Gasteiger partial charge is 0.407 e. The molecule has 3 aromatic rings. The molecule has 22 nitrogen and oxygen atoms in total. The summed E-state index contributed by atoms with van der Waals surface area (Å²) in [6, 6.07) is 14.7. The number of carbonyl (C=O) groups excluding carboxylic acids is 9. The van der Waals surface area contributed by atoms with Crippen LogP contribution in [0.25, 0.3) is 0 Å². The van der Waals surface area contributed by atoms with Crippen LogP contribution < -0.4 is 59.7 Å². The molecule has 0 aromatic heterocycles. The third-order valence-corrected chi connectivity index (χ3v) is 20.7. The molecule has 5 aliphatic rings. The Labute approximate surface area is 547 Å². The quantitative estimate of drug-likeness (QED) is 0.0161. The van der Waals surface area contributed by atoms with E-state index in [4.69, 9.17) is 26.7 Å². The first kappa shape index (κ1) is 70.8. The number of nitrogens with two attached hydrogens (primary N) is 3. The van der Waals surface area contributed by atoms with Crippen molar-refractivity contribution in [3.05, 3.63) is 88.5 Å². The lowest BCUT2D eigenvalue weighted by Crippen LogP contribution is -2.60. The maximum atomic E-state index is 14.7. The van der Waals surface area contributed by atoms with Crippen LogP contribution >= 0.6 is 0 Å². The van der Waals surface area contributed by atoms with Gasteiger partial charge in [0.2, 0.25) is 41.4 Å². The molecule has 10 amide bonds. The lowest BCUT2D eigenvalue weighted by molar-refractivity contribution is -0.150. The van der Waals surface area contributed by atoms with Crippen molar-refractivity contribution in [1.29, 1.82) is 0 Å². The van der Waals surface area contributed by atoms with Crippen LogP contribution in [0.1, 0.15) is 185 Å². The molecule has 0 bridgehead atoms. The van der Waals surface area contributed by atoms with Crippen molar-refractivity contribution in [3.63, 3.8) is 0 Å². The number of anilines is 3. The molecule has 0 spiro atoms. The Kier molecular flexibility index (Phi) is 24.2. The summed E-state index contributed by atoms with van der Waals surface area (Å²) in [6.45, 7) is 11.9. The van der Waals surface area contributed by atoms with E-state index in [1.165, 1.54) is 11.1 Å². The molecule has 2 fully saturated rings. The Morgan fingerprint density at radius 2 is 1.27 bits per heavy atom. The highest BCUT2D eigenvalue weighted by molar-refractivity contribution is 6.01. The average Bonchev–Trinajstić information content (AvgIpc) is 0.729. The van der Waals surface area contributed by atoms with Gasteiger partial charge in [0.1, 0.15) is 37.9 Å². The minimum Gasteiger partial charge on any atom is -0.445 e. The first-order valence-corrected chi connectivity index (χ1v) is 33.6. The summed E-state index contributed by atoms with van der Waals surface area (Å²) >= 11 is 0. The fraction of sp³-hybridized carbons (Fsp3) is 0.592. The molecule has 22 heteroatoms. The van der Waals surface area contributed by atoms with Gasteiger partial charge >= 0.3 is 12.1 Å². The molecule has 8 rings (SSSR count). The highest BCUT2D eigenvalue weighted by Crippen LogP contribution is 2.60. The maximum Gasteiger partial charge on any atom is 0.407 e. The highest BCUT2D eigenvalue weighted by Gasteiger charge is 2.58. The topological polar surface area (TPSA) is 346 Å². The predicted octanol–water partition coefficient (Wildman–Crippen LogP) is 7.48. The van der Waals surface area contributed by atoms with Crippen molar-refractivity contribution in [2.45, 2.75) is 212 Å². The largest absolute Gasteiger partial charge is 0.445 e. The molecule has 10 atom stereocenters. The number of fused-ring (bicyclic) bond motifs is 6. The summed E-state index contributed by atoms with van der Waals surface area (Å²) in [6.07, 6.45) is 13.6. The van der Waals surface area contributed by atoms with E-state index in [1.54, 1.807) is 38.1 Å². The zero-order valence-electron chi connectivity index (χ0n) is 55.2. The van der Waals surface area contributed by atoms with Gasteiger partial charge < -0.3 is 63.9 Å². The van der Waals surface area contributed by atoms with Crippen LogP contribution in [-0.4, -0.2) is 104 Å². The van der Waals surface area contributed by atoms with Crippen LogP contribution in [0.5, 0.6) is 0 Å². The monoisotopic (exact) mass is 1280 g/mol. The van der Waals surface area contributed by atoms with Crippen molar-refractivity contribution in [2.75, 3.05) is 42.6 Å². The fourth-order valence-electron chi connectivity index (χ4n) is 15.4. The number of nitrogens with one attached hydrogen (secondary N) is 8. The minimum absolute atomic E-state index is 0.0592. The number of alkyl carbamates (subject to hydrolysis) is 1. The van der Waals surface area contributed by atoms with Gasteiger partial charge in [0, 0.05) is 36.6 Å². The van der Waals surface area contributed by atoms with Gasteiger partial charge in [-0.3, -0.25) is 38.9 Å². The van der Waals surface area contributed by atoms with Gasteiger partial charge in [0.25, 0.3) is 0 Å². The van der Waals surface area contributed by atoms with E-state index in [0.29, 0.717) is 55.6 Å². The van der Waals surface area contributed by atoms with Crippen molar-refractivity contribution in [3.8, 4) is 11.8 Å². The molecule has 0 radical (unpaired) electrons. The third-order valence-electron chi connectivity index (χ3n) is 20.7. The molecule has 504 valence electrons. The predicted molar refractivity (Wildman–Crippen MR) is 356 cm³/mol. The summed E-state index contributed by atoms with van der Waals surface area (Å²) in [4.78, 5) is 120. The van der Waals surface area contributed by atoms with Crippen molar-refractivity contribution < 1.29 is 52.6 Å². The molecule has 2 saturated carbocycles. The SMILES string of the molecule is CC(C)C(NC(=O)C(N)CCCCNC(=O)COC1C#CCCCCC1)C(=O)NC(CCCNC(N)=O)C(=O)Nc1ccc(COC(=O)NCC(=O)Nc2ccc3c(c2)[C@@]2(C)CCC[C@](C)(C(=O)NC(=O)[C@@]4(C)CCC[C@]5(C)c6cc(N)ccc6CC[C@@H]45)[C@@H]2CC3)cc1. The normalized spacial score (nSPS) is 24.6. The van der Waals surface area contributed by atoms with Gasteiger partial charge in [-0.25, -0.2) is 9.59 Å². The number of benzene rings is 3. The Bertz CT molecular complexity index is 3290. The van der Waals surface area contributed by atoms with Crippen LogP contribution in [0.4, 0.5) is 26.7 Å². The summed E-state index contributed by atoms with van der Waals surface area (Å²) in [5.41, 5.74) is 22.6. The Morgan fingerprint density at radius 1 is 0.634 bits per heavy atom. The Hall–Kier alpha value is -8.03. The number of imide groups is 1. The highest BCUT2D eigenvalue weighted by atomic mass is 16.5. The van der Waals surface area contributed by atoms with Gasteiger partial charge in [-0.15, -0.1) is 5.92 Å². The van der Waals surface area contributed by atoms with E-state index in [2.05, 4.69) is 87.3 Å². The Morgan fingerprint density at radius 3 is 1.92 bits per heavy atom. The second kappa shape index (κ2) is 31.7. The number of hydrogen-bond donors (Lipinski definition) is 11. The summed E-state index contributed by atoms with van der Waals surface area (Å²) in [5, 5.41) is 22.1. The van der Waals surface area contributed by atoms with Crippen molar-refractivity contribution >= 4 is 70.5 Å². The van der Waals surface area contributed by atoms with Gasteiger partial charge in [-0.05, 0) is 196 Å². The lowest BCUT2D eigenvalue weighted by Gasteiger charge is -2.56. The maximum absolute atomic E-state index is 14.7. The zero-order chi connectivity index (χ0) is 67.1. The third kappa shape index (κ3) is 17.8. The number of carbonyl (C=O) groups is 9. The van der Waals surface area contributed by atoms with Crippen LogP contribution in [0, 0.1) is 40.4 Å². The molecule has 3 aromatic carbocycles. The van der Waals surface area contributed by atoms with Crippen LogP contribution in [0.2, 0.25) is 0 Å². The van der Waals surface area contributed by atoms with E-state index in [-0.39, 0.29) is 80.2 Å². The lowest BCUT2D eigenvalue weighted by atomic mass is 9.49. The first-order valence-electron chi connectivity index (χ1n) is 33.6. The van der Waals surface area contributed by atoms with E-state index in [9.17, 15) is 43.2 Å². The van der Waals surface area contributed by atoms with Crippen LogP contribution in [0.3, 0.4) is 0 Å². The molecule has 93 heavy (non-hydrogen) atoms. The van der Waals surface area contributed by atoms with E-state index in [0.717, 1.165) is 100 Å². The van der Waals surface area contributed by atoms with E-state index < -0.39 is 76.0 Å². The summed E-state index contributed by atoms with van der Waals surface area (Å²) in [5.74, 6) is 2.93. The molecule has 4 unspecified atom stereocenters. The number of rotatable bonds is 26. The van der Waals surface area contributed by atoms with Gasteiger partial charge in [-0.2, -0.15) is 0 Å². The molecule has 0 heterocycles. The number of primary amides is 1. The summed E-state index contributed by atoms with van der Waals surface area (Å²) < 4.78 is 11.1. The van der Waals surface area contributed by atoms with Crippen LogP contribution in [-0.2, 0) is 73.3 Å². The fourth-order valence-corrected chi connectivity index (χ4v) is 15.4. The minimum atomic E-state index is -1.10. The number of unbranched alkanes of at least 4 members (excludes halogenated alkanes) is 1. The number of aryl methyl sites for hydroxylation is 2. The number of nitrogen functional groups attached to an aromatic ring is 1. The average molecular weight is 1280 g/mol. The summed E-state index contributed by atoms with van der Waals surface area (Å²) in [7, 11) is 0. The molecule has 0 aliphatic heterocycles. The van der Waals surface area contributed by atoms with Gasteiger partial charge in [0.05, 0.1) is 16.9 Å². The first-order chi connectivity index (χ1) is 44.3. The van der Waals surface area contributed by atoms with Gasteiger partial charge in [-0.1, -0.05) is 91.0 Å². The number of urea groups is 1. The zero-order valence-corrected chi connectivity index (χ0v) is 55.2. The van der Waals surface area contributed by atoms with Crippen molar-refractivity contribution in [1.82, 2.24) is 31.9 Å². The van der Waals surface area contributed by atoms with Crippen molar-refractivity contribution in [2.24, 2.45) is 40.1 Å². The second-order valence-electron chi connectivity index (χ2n) is 27.7. The molecular weight excluding hydrogens is 1180 g/mol. The molecule has 14 N–H and O–H groups in total. The molecular formula is C71H99N11O11. The van der Waals surface area contributed by atoms with Gasteiger partial charge in [0.15, 0.2) is 0 Å². The van der Waals surface area contributed by atoms with E-state index >= 15 is 0 Å². The molecule has 5 aliphatic carbocycles. The molecule has 0 saturated heterocycles. The Balaban J connectivity index is 0.778. The number of amides is 10. The standard InChI is InChI=1S/C71H99N11O11/c1-44(2)60(81-61(85)54(73)19-12-13-37-75-59(84)43-92-51-17-10-8-7-9-11-18-51)63(87)80-55(20-14-38-76-66(74)90)62(86)79-49-28-21-45(22-29-49)42-93-67(91)77-41-58(83)78-50-30-24-47-26-32-57-69(4,53(47)40-50)34-16-36-71(57,6)65(89)82-64(88)70(5)35-15-33-68(3)52-39-48(72)27-23-46(52)25-31-56(68)70/h21-24,27-30,39-40,44,51,54-57,60H,7-10,12-17,19-20,25-26,31-38,41-43,72-73H2,1-6H3,(H,75,84)(H,77,91)(H,78,83)(H,79,86)(H,80,87)(H,81,85)(H3,74,76,90)(H,82,88,89)/t51?,54?,55?,56-,57-,60?,68-,69-,70+,71+/m1/s1. The van der Waals surface area contributed by atoms with Crippen LogP contribution in [0.15, 0.2) is 60.7 Å². The second-order valence-corrected chi connectivity index (χ2v) is 27.7.